The van der Waals surface area contributed by atoms with Gasteiger partial charge in [0, 0.05) is 5.03 Å². The molecule has 0 amide bonds. The number of alkyl halides is 1. The van der Waals surface area contributed by atoms with Crippen LogP contribution >= 0.6 is 23.2 Å². The molecule has 0 heterocycles. The predicted octanol–water partition coefficient (Wildman–Crippen LogP) is 4.37. The molecule has 0 nitrogen and oxygen atoms in total. The van der Waals surface area contributed by atoms with Gasteiger partial charge in [-0.2, -0.15) is 0 Å². The topological polar surface area (TPSA) is 0 Å². The maximum absolute atomic E-state index is 6.17. The van der Waals surface area contributed by atoms with Crippen LogP contribution in [0.15, 0.2) is 40.9 Å². The SMILES string of the molecule is CC(C)=C(Cl)[C@@H](Cl)Cc1ccccc1. The van der Waals surface area contributed by atoms with Crippen molar-refractivity contribution in [2.45, 2.75) is 25.6 Å². The molecule has 2 heteroatoms. The first-order valence-corrected chi connectivity index (χ1v) is 5.43. The van der Waals surface area contributed by atoms with Gasteiger partial charge in [0.1, 0.15) is 0 Å². The lowest BCUT2D eigenvalue weighted by atomic mass is 10.1. The van der Waals surface area contributed by atoms with Crippen LogP contribution in [0.4, 0.5) is 0 Å². The van der Waals surface area contributed by atoms with Gasteiger partial charge < -0.3 is 0 Å². The summed E-state index contributed by atoms with van der Waals surface area (Å²) in [5, 5.41) is 0.652. The number of hydrogen-bond donors (Lipinski definition) is 0. The minimum absolute atomic E-state index is 0.107. The van der Waals surface area contributed by atoms with Gasteiger partial charge in [-0.15, -0.1) is 11.6 Å². The molecule has 0 aliphatic heterocycles. The molecule has 1 atom stereocenters. The molecule has 0 unspecified atom stereocenters. The summed E-state index contributed by atoms with van der Waals surface area (Å²) in [6.07, 6.45) is 0.784. The summed E-state index contributed by atoms with van der Waals surface area (Å²) in [7, 11) is 0. The highest BCUT2D eigenvalue weighted by atomic mass is 35.5. The van der Waals surface area contributed by atoms with Gasteiger partial charge in [-0.25, -0.2) is 0 Å². The predicted molar refractivity (Wildman–Crippen MR) is 64.0 cm³/mol. The van der Waals surface area contributed by atoms with E-state index in [0.717, 1.165) is 17.0 Å². The lowest BCUT2D eigenvalue weighted by Crippen LogP contribution is -2.04. The Bertz CT molecular complexity index is 310. The van der Waals surface area contributed by atoms with Crippen molar-refractivity contribution in [3.05, 3.63) is 46.5 Å². The Balaban J connectivity index is 2.67. The molecule has 0 aromatic heterocycles. The van der Waals surface area contributed by atoms with Gasteiger partial charge in [-0.05, 0) is 25.8 Å². The smallest absolute Gasteiger partial charge is 0.0731 e. The molecule has 0 spiro atoms. The minimum atomic E-state index is -0.107. The maximum Gasteiger partial charge on any atom is 0.0731 e. The van der Waals surface area contributed by atoms with Gasteiger partial charge in [0.05, 0.1) is 5.38 Å². The molecule has 0 bridgehead atoms. The Labute approximate surface area is 95.5 Å². The molecule has 0 fully saturated rings. The van der Waals surface area contributed by atoms with E-state index in [1.165, 1.54) is 5.56 Å². The zero-order chi connectivity index (χ0) is 10.6. The molecular weight excluding hydrogens is 215 g/mol. The average molecular weight is 229 g/mol. The number of hydrogen-bond acceptors (Lipinski definition) is 0. The zero-order valence-electron chi connectivity index (χ0n) is 8.43. The summed E-state index contributed by atoms with van der Waals surface area (Å²) in [6.45, 7) is 3.95. The van der Waals surface area contributed by atoms with E-state index >= 15 is 0 Å². The van der Waals surface area contributed by atoms with Gasteiger partial charge in [-0.1, -0.05) is 47.5 Å². The zero-order valence-corrected chi connectivity index (χ0v) is 9.94. The maximum atomic E-state index is 6.17. The van der Waals surface area contributed by atoms with Crippen LogP contribution in [0, 0.1) is 0 Å². The quantitative estimate of drug-likeness (QED) is 0.675. The molecule has 0 saturated carbocycles. The van der Waals surface area contributed by atoms with Crippen molar-refractivity contribution in [3.8, 4) is 0 Å². The lowest BCUT2D eigenvalue weighted by molar-refractivity contribution is 0.979. The molecular formula is C12H14Cl2. The molecule has 1 rings (SSSR count). The monoisotopic (exact) mass is 228 g/mol. The van der Waals surface area contributed by atoms with Crippen molar-refractivity contribution in [1.29, 1.82) is 0 Å². The first-order valence-electron chi connectivity index (χ1n) is 4.62. The number of rotatable bonds is 3. The van der Waals surface area contributed by atoms with Crippen molar-refractivity contribution < 1.29 is 0 Å². The molecule has 0 saturated heterocycles. The van der Waals surface area contributed by atoms with Crippen molar-refractivity contribution >= 4 is 23.2 Å². The molecule has 0 N–H and O–H groups in total. The van der Waals surface area contributed by atoms with E-state index in [0.29, 0.717) is 0 Å². The molecule has 0 radical (unpaired) electrons. The van der Waals surface area contributed by atoms with E-state index in [4.69, 9.17) is 23.2 Å². The number of allylic oxidation sites excluding steroid dienone is 2. The van der Waals surface area contributed by atoms with Gasteiger partial charge in [0.25, 0.3) is 0 Å². The second-order valence-corrected chi connectivity index (χ2v) is 4.44. The van der Waals surface area contributed by atoms with Gasteiger partial charge in [0.15, 0.2) is 0 Å². The van der Waals surface area contributed by atoms with Crippen LogP contribution in [-0.2, 0) is 6.42 Å². The standard InChI is InChI=1S/C12H14Cl2/c1-9(2)12(14)11(13)8-10-6-4-3-5-7-10/h3-7,11H,8H2,1-2H3/t11-/m0/s1. The molecule has 0 aliphatic rings. The molecule has 14 heavy (non-hydrogen) atoms. The van der Waals surface area contributed by atoms with Crippen LogP contribution in [0.25, 0.3) is 0 Å². The van der Waals surface area contributed by atoms with Crippen LogP contribution in [0.3, 0.4) is 0 Å². The van der Waals surface area contributed by atoms with E-state index in [9.17, 15) is 0 Å². The third kappa shape index (κ3) is 3.36. The second kappa shape index (κ2) is 5.43. The second-order valence-electron chi connectivity index (χ2n) is 3.51. The van der Waals surface area contributed by atoms with Crippen molar-refractivity contribution in [1.82, 2.24) is 0 Å². The summed E-state index contributed by atoms with van der Waals surface area (Å²) in [6, 6.07) is 10.1. The highest BCUT2D eigenvalue weighted by molar-refractivity contribution is 6.37. The number of benzene rings is 1. The fraction of sp³-hybridized carbons (Fsp3) is 0.333. The van der Waals surface area contributed by atoms with Crippen molar-refractivity contribution in [2.24, 2.45) is 0 Å². The average Bonchev–Trinajstić information content (AvgIpc) is 2.18. The fourth-order valence-corrected chi connectivity index (χ4v) is 1.70. The highest BCUT2D eigenvalue weighted by Gasteiger charge is 2.10. The Morgan fingerprint density at radius 3 is 2.29 bits per heavy atom. The Morgan fingerprint density at radius 1 is 1.21 bits per heavy atom. The molecule has 1 aromatic rings. The third-order valence-corrected chi connectivity index (χ3v) is 3.14. The fourth-order valence-electron chi connectivity index (χ4n) is 1.22. The summed E-state index contributed by atoms with van der Waals surface area (Å²) in [5.41, 5.74) is 2.30. The largest absolute Gasteiger partial charge is 0.116 e. The Kier molecular flexibility index (Phi) is 4.50. The van der Waals surface area contributed by atoms with Crippen LogP contribution in [0.1, 0.15) is 19.4 Å². The van der Waals surface area contributed by atoms with E-state index < -0.39 is 0 Å². The van der Waals surface area contributed by atoms with Gasteiger partial charge in [0.2, 0.25) is 0 Å². The lowest BCUT2D eigenvalue weighted by Gasteiger charge is -2.09. The highest BCUT2D eigenvalue weighted by Crippen LogP contribution is 2.22. The van der Waals surface area contributed by atoms with E-state index in [1.807, 2.05) is 32.0 Å². The molecule has 76 valence electrons. The summed E-state index contributed by atoms with van der Waals surface area (Å²) in [5.74, 6) is 0. The van der Waals surface area contributed by atoms with Crippen LogP contribution in [0.5, 0.6) is 0 Å². The summed E-state index contributed by atoms with van der Waals surface area (Å²) in [4.78, 5) is 0. The summed E-state index contributed by atoms with van der Waals surface area (Å²) < 4.78 is 0. The van der Waals surface area contributed by atoms with E-state index in [-0.39, 0.29) is 5.38 Å². The normalized spacial score (nSPS) is 12.3. The van der Waals surface area contributed by atoms with E-state index in [1.54, 1.807) is 0 Å². The Morgan fingerprint density at radius 2 is 1.79 bits per heavy atom. The van der Waals surface area contributed by atoms with Crippen molar-refractivity contribution in [2.75, 3.05) is 0 Å². The molecule has 1 aromatic carbocycles. The number of halogens is 2. The third-order valence-electron chi connectivity index (χ3n) is 2.01. The first-order chi connectivity index (χ1) is 6.61. The van der Waals surface area contributed by atoms with Crippen molar-refractivity contribution in [3.63, 3.8) is 0 Å². The van der Waals surface area contributed by atoms with Gasteiger partial charge >= 0.3 is 0 Å². The van der Waals surface area contributed by atoms with E-state index in [2.05, 4.69) is 12.1 Å². The van der Waals surface area contributed by atoms with Crippen LogP contribution in [0.2, 0.25) is 0 Å². The molecule has 0 aliphatic carbocycles. The first kappa shape index (κ1) is 11.6. The van der Waals surface area contributed by atoms with Crippen LogP contribution in [-0.4, -0.2) is 5.38 Å². The van der Waals surface area contributed by atoms with Crippen LogP contribution < -0.4 is 0 Å². The van der Waals surface area contributed by atoms with Gasteiger partial charge in [-0.3, -0.25) is 0 Å². The Hall–Kier alpha value is -0.460. The summed E-state index contributed by atoms with van der Waals surface area (Å²) >= 11 is 12.2. The minimum Gasteiger partial charge on any atom is -0.116 e.